The molecule has 0 radical (unpaired) electrons. The highest BCUT2D eigenvalue weighted by Crippen LogP contribution is 2.66. The van der Waals surface area contributed by atoms with Gasteiger partial charge in [-0.05, 0) is 67.4 Å². The van der Waals surface area contributed by atoms with E-state index >= 15 is 0 Å². The summed E-state index contributed by atoms with van der Waals surface area (Å²) in [5.41, 5.74) is 2.29. The number of likely N-dealkylation sites (tertiary alicyclic amines) is 1. The molecule has 0 unspecified atom stereocenters. The lowest BCUT2D eigenvalue weighted by molar-refractivity contribution is -0.199. The van der Waals surface area contributed by atoms with Gasteiger partial charge in [0.25, 0.3) is 0 Å². The molecule has 0 spiro atoms. The van der Waals surface area contributed by atoms with Crippen LogP contribution in [0.15, 0.2) is 24.3 Å². The Balaban J connectivity index is 0.985. The maximum absolute atomic E-state index is 13.7. The first-order chi connectivity index (χ1) is 18.1. The minimum absolute atomic E-state index is 0.0293. The number of nitrogens with zero attached hydrogens (tertiary/aromatic N) is 2. The van der Waals surface area contributed by atoms with Gasteiger partial charge < -0.3 is 24.4 Å². The average molecular weight is 519 g/mol. The van der Waals surface area contributed by atoms with Gasteiger partial charge in [-0.1, -0.05) is 38.1 Å². The summed E-state index contributed by atoms with van der Waals surface area (Å²) in [6.45, 7) is 8.72. The van der Waals surface area contributed by atoms with Gasteiger partial charge in [0, 0.05) is 32.0 Å². The third kappa shape index (κ3) is 3.60. The maximum Gasteiger partial charge on any atom is 0.481 e. The summed E-state index contributed by atoms with van der Waals surface area (Å²) in [5, 5.41) is 2.90. The van der Waals surface area contributed by atoms with Crippen molar-refractivity contribution < 1.29 is 23.7 Å². The van der Waals surface area contributed by atoms with E-state index in [9.17, 15) is 14.4 Å². The highest BCUT2D eigenvalue weighted by molar-refractivity contribution is 6.48. The lowest BCUT2D eigenvalue weighted by atomic mass is 9.43. The van der Waals surface area contributed by atoms with E-state index in [0.717, 1.165) is 30.4 Å². The van der Waals surface area contributed by atoms with Crippen LogP contribution >= 0.6 is 0 Å². The smallest absolute Gasteiger partial charge is 0.404 e. The first-order valence-corrected chi connectivity index (χ1v) is 14.4. The lowest BCUT2D eigenvalue weighted by Crippen LogP contribution is -2.65. The quantitative estimate of drug-likeness (QED) is 0.619. The second kappa shape index (κ2) is 8.56. The van der Waals surface area contributed by atoms with E-state index in [1.165, 1.54) is 6.42 Å². The summed E-state index contributed by atoms with van der Waals surface area (Å²) >= 11 is 0. The van der Waals surface area contributed by atoms with Crippen molar-refractivity contribution in [2.45, 2.75) is 96.1 Å². The Hall–Kier alpha value is -2.39. The van der Waals surface area contributed by atoms with Gasteiger partial charge in [-0.25, -0.2) is 0 Å². The molecule has 0 aromatic heterocycles. The zero-order chi connectivity index (χ0) is 26.4. The molecule has 3 saturated carbocycles. The molecule has 3 saturated heterocycles. The molecule has 7 atom stereocenters. The number of hydrogen-bond donors (Lipinski definition) is 1. The monoisotopic (exact) mass is 519 g/mol. The zero-order valence-electron chi connectivity index (χ0n) is 22.7. The minimum Gasteiger partial charge on any atom is -0.404 e. The Morgan fingerprint density at radius 1 is 1.11 bits per heavy atom. The Morgan fingerprint density at radius 3 is 2.55 bits per heavy atom. The van der Waals surface area contributed by atoms with E-state index in [-0.39, 0.29) is 47.2 Å². The van der Waals surface area contributed by atoms with E-state index in [4.69, 9.17) is 9.31 Å². The molecule has 4 heterocycles. The number of amides is 3. The summed E-state index contributed by atoms with van der Waals surface area (Å²) in [7, 11) is -0.419. The third-order valence-corrected chi connectivity index (χ3v) is 11.0. The highest BCUT2D eigenvalue weighted by atomic mass is 16.7. The van der Waals surface area contributed by atoms with Gasteiger partial charge in [0.05, 0.1) is 17.6 Å². The van der Waals surface area contributed by atoms with Gasteiger partial charge in [-0.2, -0.15) is 0 Å². The van der Waals surface area contributed by atoms with Crippen molar-refractivity contribution in [3.63, 3.8) is 0 Å². The van der Waals surface area contributed by atoms with Crippen LogP contribution in [0.4, 0.5) is 0 Å². The topological polar surface area (TPSA) is 88.2 Å². The number of benzene rings is 1. The number of rotatable bonds is 4. The van der Waals surface area contributed by atoms with E-state index in [2.05, 4.69) is 26.1 Å². The summed E-state index contributed by atoms with van der Waals surface area (Å²) < 4.78 is 13.2. The molecule has 7 aliphatic rings. The van der Waals surface area contributed by atoms with Crippen LogP contribution in [0.2, 0.25) is 0 Å². The Kier molecular flexibility index (Phi) is 5.55. The second-order valence-electron chi connectivity index (χ2n) is 13.3. The van der Waals surface area contributed by atoms with Crippen LogP contribution in [0.25, 0.3) is 0 Å². The molecule has 8 rings (SSSR count). The highest BCUT2D eigenvalue weighted by Gasteiger charge is 2.69. The van der Waals surface area contributed by atoms with Crippen molar-refractivity contribution >= 4 is 24.8 Å². The molecule has 202 valence electrons. The van der Waals surface area contributed by atoms with Crippen molar-refractivity contribution in [2.75, 3.05) is 6.54 Å². The Morgan fingerprint density at radius 2 is 1.84 bits per heavy atom. The molecular formula is C29H38BN3O5. The maximum atomic E-state index is 13.7. The van der Waals surface area contributed by atoms with E-state index in [0.29, 0.717) is 37.9 Å². The van der Waals surface area contributed by atoms with Gasteiger partial charge in [0.1, 0.15) is 6.04 Å². The van der Waals surface area contributed by atoms with Gasteiger partial charge in [0.2, 0.25) is 17.7 Å². The molecule has 38 heavy (non-hydrogen) atoms. The first kappa shape index (κ1) is 24.6. The lowest BCUT2D eigenvalue weighted by Gasteiger charge is -2.64. The van der Waals surface area contributed by atoms with Crippen molar-refractivity contribution in [2.24, 2.45) is 23.2 Å². The fourth-order valence-electron chi connectivity index (χ4n) is 8.54. The van der Waals surface area contributed by atoms with Crippen LogP contribution in [-0.2, 0) is 36.8 Å². The molecule has 2 bridgehead atoms. The molecule has 1 N–H and O–H groups in total. The van der Waals surface area contributed by atoms with E-state index in [1.54, 1.807) is 0 Å². The van der Waals surface area contributed by atoms with Gasteiger partial charge in [-0.3, -0.25) is 14.4 Å². The zero-order valence-corrected chi connectivity index (χ0v) is 22.7. The van der Waals surface area contributed by atoms with Crippen LogP contribution in [0, 0.1) is 23.2 Å². The standard InChI is InChI=1S/C29H38BN3O5/c1-28(2)20-13-22(28)29(3)23(14-20)37-30(38-29)24-9-6-10-33(24)27(36)21-11-19(26(35)31-21)12-25(34)32-15-17-7-4-5-8-18(17)16-32/h4-5,7-8,19-24H,6,9-16H2,1-3H3,(H,31,35)/t19-,20-,21-,22-,23+,24-,29-/m0/s1. The van der Waals surface area contributed by atoms with Crippen LogP contribution < -0.4 is 5.32 Å². The first-order valence-electron chi connectivity index (χ1n) is 14.4. The molecular weight excluding hydrogens is 481 g/mol. The SMILES string of the molecule is CC1(C)[C@@H]2C[C@H]3OB([C@@H]4CCCN4C(=O)[C@@H]4C[C@@H](CC(=O)N5Cc6ccccc6C5)C(=O)N4)O[C@@]3(C)[C@H]1C2. The van der Waals surface area contributed by atoms with Crippen molar-refractivity contribution in [1.29, 1.82) is 0 Å². The van der Waals surface area contributed by atoms with E-state index in [1.807, 2.05) is 34.1 Å². The van der Waals surface area contributed by atoms with Gasteiger partial charge >= 0.3 is 7.12 Å². The predicted molar refractivity (Wildman–Crippen MR) is 140 cm³/mol. The minimum atomic E-state index is -0.595. The molecule has 3 aliphatic carbocycles. The van der Waals surface area contributed by atoms with Crippen molar-refractivity contribution in [3.8, 4) is 0 Å². The number of carbonyl (C=O) groups is 3. The predicted octanol–water partition coefficient (Wildman–Crippen LogP) is 2.68. The molecule has 1 aromatic carbocycles. The van der Waals surface area contributed by atoms with Crippen LogP contribution in [0.5, 0.6) is 0 Å². The van der Waals surface area contributed by atoms with Gasteiger partial charge in [0.15, 0.2) is 0 Å². The summed E-state index contributed by atoms with van der Waals surface area (Å²) in [4.78, 5) is 43.2. The molecule has 9 heteroatoms. The number of carbonyl (C=O) groups excluding carboxylic acids is 3. The number of nitrogens with one attached hydrogen (secondary N) is 1. The Bertz CT molecular complexity index is 1170. The number of hydrogen-bond acceptors (Lipinski definition) is 5. The fraction of sp³-hybridized carbons (Fsp3) is 0.690. The summed E-state index contributed by atoms with van der Waals surface area (Å²) in [6, 6.07) is 7.46. The molecule has 3 amide bonds. The van der Waals surface area contributed by atoms with Gasteiger partial charge in [-0.15, -0.1) is 0 Å². The fourth-order valence-corrected chi connectivity index (χ4v) is 8.54. The van der Waals surface area contributed by atoms with Crippen molar-refractivity contribution in [3.05, 3.63) is 35.4 Å². The third-order valence-electron chi connectivity index (χ3n) is 11.0. The van der Waals surface area contributed by atoms with Crippen LogP contribution in [0.1, 0.15) is 70.4 Å². The molecule has 4 aliphatic heterocycles. The molecule has 8 nitrogen and oxygen atoms in total. The second-order valence-corrected chi connectivity index (χ2v) is 13.3. The van der Waals surface area contributed by atoms with Crippen molar-refractivity contribution in [1.82, 2.24) is 15.1 Å². The molecule has 6 fully saturated rings. The summed E-state index contributed by atoms with van der Waals surface area (Å²) in [5.74, 6) is 0.252. The average Bonchev–Trinajstić information content (AvgIpc) is 3.67. The van der Waals surface area contributed by atoms with E-state index < -0.39 is 19.1 Å². The largest absolute Gasteiger partial charge is 0.481 e. The molecule has 1 aromatic rings. The summed E-state index contributed by atoms with van der Waals surface area (Å²) in [6.07, 6.45) is 4.54. The van der Waals surface area contributed by atoms with Crippen LogP contribution in [0.3, 0.4) is 0 Å². The van der Waals surface area contributed by atoms with Crippen LogP contribution in [-0.4, -0.2) is 64.9 Å². The number of fused-ring (bicyclic) bond motifs is 1. The normalized spacial score (nSPS) is 38.6. The Labute approximate surface area is 224 Å².